The molecule has 1 unspecified atom stereocenters. The van der Waals surface area contributed by atoms with Gasteiger partial charge in [-0.25, -0.2) is 0 Å². The first-order valence-corrected chi connectivity index (χ1v) is 6.74. The molecule has 1 saturated heterocycles. The van der Waals surface area contributed by atoms with Gasteiger partial charge in [0.15, 0.2) is 0 Å². The Morgan fingerprint density at radius 3 is 3.06 bits per heavy atom. The smallest absolute Gasteiger partial charge is 0.0679 e. The summed E-state index contributed by atoms with van der Waals surface area (Å²) in [5.74, 6) is 0. The highest BCUT2D eigenvalue weighted by Gasteiger charge is 2.20. The lowest BCUT2D eigenvalue weighted by atomic mass is 10.0. The topological polar surface area (TPSA) is 35.5 Å². The van der Waals surface area contributed by atoms with Crippen LogP contribution in [0.1, 0.15) is 24.0 Å². The van der Waals surface area contributed by atoms with Crippen LogP contribution in [0.4, 0.5) is 0 Å². The lowest BCUT2D eigenvalue weighted by Crippen LogP contribution is -2.26. The first kappa shape index (κ1) is 11.8. The second-order valence-corrected chi connectivity index (χ2v) is 5.22. The fourth-order valence-electron chi connectivity index (χ4n) is 2.74. The summed E-state index contributed by atoms with van der Waals surface area (Å²) < 4.78 is 0. The van der Waals surface area contributed by atoms with Crippen LogP contribution in [0.25, 0.3) is 6.08 Å². The molecule has 2 aliphatic heterocycles. The highest BCUT2D eigenvalue weighted by atomic mass is 16.3. The van der Waals surface area contributed by atoms with Crippen LogP contribution in [0.2, 0.25) is 0 Å². The SMILES string of the molecule is OC1CCN(CCC2=Cc3ccccc3CN2)C1. The van der Waals surface area contributed by atoms with Gasteiger partial charge in [-0.05, 0) is 30.0 Å². The Morgan fingerprint density at radius 2 is 2.22 bits per heavy atom. The molecule has 2 heterocycles. The number of rotatable bonds is 3. The second-order valence-electron chi connectivity index (χ2n) is 5.22. The van der Waals surface area contributed by atoms with Crippen LogP contribution in [0, 0.1) is 0 Å². The molecule has 2 aliphatic rings. The zero-order chi connectivity index (χ0) is 12.4. The Bertz CT molecular complexity index is 456. The van der Waals surface area contributed by atoms with Gasteiger partial charge >= 0.3 is 0 Å². The van der Waals surface area contributed by atoms with E-state index in [1.54, 1.807) is 0 Å². The molecule has 3 rings (SSSR count). The highest BCUT2D eigenvalue weighted by molar-refractivity contribution is 5.58. The van der Waals surface area contributed by atoms with Crippen molar-refractivity contribution in [3.8, 4) is 0 Å². The maximum Gasteiger partial charge on any atom is 0.0679 e. The van der Waals surface area contributed by atoms with Gasteiger partial charge in [0, 0.05) is 31.9 Å². The van der Waals surface area contributed by atoms with Gasteiger partial charge in [-0.2, -0.15) is 0 Å². The largest absolute Gasteiger partial charge is 0.392 e. The van der Waals surface area contributed by atoms with E-state index in [4.69, 9.17) is 0 Å². The van der Waals surface area contributed by atoms with Gasteiger partial charge in [-0.3, -0.25) is 0 Å². The Balaban J connectivity index is 1.60. The van der Waals surface area contributed by atoms with Crippen molar-refractivity contribution < 1.29 is 5.11 Å². The van der Waals surface area contributed by atoms with E-state index in [0.717, 1.165) is 39.0 Å². The van der Waals surface area contributed by atoms with E-state index in [-0.39, 0.29) is 6.10 Å². The maximum absolute atomic E-state index is 9.49. The van der Waals surface area contributed by atoms with Crippen molar-refractivity contribution in [2.24, 2.45) is 0 Å². The first-order chi connectivity index (χ1) is 8.81. The number of aliphatic hydroxyl groups is 1. The number of nitrogens with zero attached hydrogens (tertiary/aromatic N) is 1. The summed E-state index contributed by atoms with van der Waals surface area (Å²) in [5, 5.41) is 13.0. The molecule has 1 aromatic carbocycles. The zero-order valence-electron chi connectivity index (χ0n) is 10.6. The second kappa shape index (κ2) is 5.12. The molecule has 3 heteroatoms. The van der Waals surface area contributed by atoms with Crippen molar-refractivity contribution >= 4 is 6.08 Å². The molecule has 18 heavy (non-hydrogen) atoms. The van der Waals surface area contributed by atoms with E-state index in [9.17, 15) is 5.11 Å². The van der Waals surface area contributed by atoms with Crippen LogP contribution in [0.15, 0.2) is 30.0 Å². The monoisotopic (exact) mass is 244 g/mol. The summed E-state index contributed by atoms with van der Waals surface area (Å²) in [5.41, 5.74) is 4.03. The van der Waals surface area contributed by atoms with Crippen LogP contribution in [0.3, 0.4) is 0 Å². The van der Waals surface area contributed by atoms with Gasteiger partial charge < -0.3 is 15.3 Å². The van der Waals surface area contributed by atoms with Crippen LogP contribution < -0.4 is 5.32 Å². The van der Waals surface area contributed by atoms with E-state index in [0.29, 0.717) is 0 Å². The molecule has 1 fully saturated rings. The lowest BCUT2D eigenvalue weighted by molar-refractivity contribution is 0.176. The molecule has 1 atom stereocenters. The van der Waals surface area contributed by atoms with Crippen molar-refractivity contribution in [2.45, 2.75) is 25.5 Å². The summed E-state index contributed by atoms with van der Waals surface area (Å²) in [6.45, 7) is 3.84. The molecule has 0 spiro atoms. The number of fused-ring (bicyclic) bond motifs is 1. The summed E-state index contributed by atoms with van der Waals surface area (Å²) >= 11 is 0. The molecule has 3 nitrogen and oxygen atoms in total. The minimum Gasteiger partial charge on any atom is -0.392 e. The molecule has 1 aromatic rings. The van der Waals surface area contributed by atoms with Crippen molar-refractivity contribution in [1.29, 1.82) is 0 Å². The Labute approximate surface area is 108 Å². The quantitative estimate of drug-likeness (QED) is 0.847. The summed E-state index contributed by atoms with van der Waals surface area (Å²) in [4.78, 5) is 2.34. The van der Waals surface area contributed by atoms with Crippen LogP contribution in [0.5, 0.6) is 0 Å². The average molecular weight is 244 g/mol. The number of aliphatic hydroxyl groups excluding tert-OH is 1. The highest BCUT2D eigenvalue weighted by Crippen LogP contribution is 2.19. The molecule has 0 radical (unpaired) electrons. The molecule has 96 valence electrons. The first-order valence-electron chi connectivity index (χ1n) is 6.74. The van der Waals surface area contributed by atoms with Crippen molar-refractivity contribution in [1.82, 2.24) is 10.2 Å². The standard InChI is InChI=1S/C15H20N2O/c18-15-6-8-17(11-15)7-5-14-9-12-3-1-2-4-13(12)10-16-14/h1-4,9,15-16,18H,5-8,10-11H2. The Kier molecular flexibility index (Phi) is 3.35. The summed E-state index contributed by atoms with van der Waals surface area (Å²) in [7, 11) is 0. The molecule has 0 saturated carbocycles. The van der Waals surface area contributed by atoms with Gasteiger partial charge in [0.05, 0.1) is 6.10 Å². The normalized spacial score (nSPS) is 23.4. The third-order valence-corrected chi connectivity index (χ3v) is 3.84. The molecule has 0 amide bonds. The predicted octanol–water partition coefficient (Wildman–Crippen LogP) is 1.59. The van der Waals surface area contributed by atoms with Crippen LogP contribution in [-0.2, 0) is 6.54 Å². The fraction of sp³-hybridized carbons (Fsp3) is 0.467. The Hall–Kier alpha value is -1.32. The summed E-state index contributed by atoms with van der Waals surface area (Å²) in [6.07, 6.45) is 4.11. The minimum absolute atomic E-state index is 0.112. The van der Waals surface area contributed by atoms with Gasteiger partial charge in [-0.15, -0.1) is 0 Å². The molecule has 2 N–H and O–H groups in total. The number of benzene rings is 1. The van der Waals surface area contributed by atoms with Gasteiger partial charge in [0.25, 0.3) is 0 Å². The number of hydrogen-bond donors (Lipinski definition) is 2. The van der Waals surface area contributed by atoms with E-state index in [1.807, 2.05) is 0 Å². The molecule has 0 aromatic heterocycles. The van der Waals surface area contributed by atoms with Gasteiger partial charge in [0.1, 0.15) is 0 Å². The van der Waals surface area contributed by atoms with Crippen molar-refractivity contribution in [2.75, 3.05) is 19.6 Å². The predicted molar refractivity (Wildman–Crippen MR) is 72.9 cm³/mol. The number of hydrogen-bond acceptors (Lipinski definition) is 3. The molecular formula is C15H20N2O. The van der Waals surface area contributed by atoms with Crippen LogP contribution >= 0.6 is 0 Å². The lowest BCUT2D eigenvalue weighted by Gasteiger charge is -2.21. The van der Waals surface area contributed by atoms with Crippen LogP contribution in [-0.4, -0.2) is 35.7 Å². The van der Waals surface area contributed by atoms with Crippen molar-refractivity contribution in [3.63, 3.8) is 0 Å². The zero-order valence-corrected chi connectivity index (χ0v) is 10.6. The van der Waals surface area contributed by atoms with E-state index in [2.05, 4.69) is 40.6 Å². The Morgan fingerprint density at radius 1 is 1.33 bits per heavy atom. The number of nitrogens with one attached hydrogen (secondary N) is 1. The maximum atomic E-state index is 9.49. The molecule has 0 bridgehead atoms. The van der Waals surface area contributed by atoms with E-state index < -0.39 is 0 Å². The average Bonchev–Trinajstić information content (AvgIpc) is 2.82. The van der Waals surface area contributed by atoms with E-state index in [1.165, 1.54) is 16.8 Å². The molecular weight excluding hydrogens is 224 g/mol. The minimum atomic E-state index is -0.112. The van der Waals surface area contributed by atoms with Gasteiger partial charge in [-0.1, -0.05) is 24.3 Å². The third-order valence-electron chi connectivity index (χ3n) is 3.84. The third kappa shape index (κ3) is 2.57. The molecule has 0 aliphatic carbocycles. The van der Waals surface area contributed by atoms with E-state index >= 15 is 0 Å². The number of β-amino-alcohol motifs (C(OH)–C–C–N with tert-alkyl or cyclic N) is 1. The summed E-state index contributed by atoms with van der Waals surface area (Å²) in [6, 6.07) is 8.53. The van der Waals surface area contributed by atoms with Gasteiger partial charge in [0.2, 0.25) is 0 Å². The number of likely N-dealkylation sites (tertiary alicyclic amines) is 1. The van der Waals surface area contributed by atoms with Crippen molar-refractivity contribution in [3.05, 3.63) is 41.1 Å². The fourth-order valence-corrected chi connectivity index (χ4v) is 2.74.